The van der Waals surface area contributed by atoms with Crippen LogP contribution < -0.4 is 10.7 Å². The first kappa shape index (κ1) is 45.2. The van der Waals surface area contributed by atoms with Crippen LogP contribution in [0.2, 0.25) is 0 Å². The van der Waals surface area contributed by atoms with Crippen LogP contribution in [-0.4, -0.2) is 41.4 Å². The van der Waals surface area contributed by atoms with Gasteiger partial charge in [-0.05, 0) is 135 Å². The van der Waals surface area contributed by atoms with E-state index in [0.29, 0.717) is 5.92 Å². The van der Waals surface area contributed by atoms with E-state index in [1.807, 2.05) is 11.8 Å². The van der Waals surface area contributed by atoms with Gasteiger partial charge in [-0.3, -0.25) is 0 Å². The molecule has 0 amide bonds. The predicted molar refractivity (Wildman–Crippen MR) is 274 cm³/mol. The van der Waals surface area contributed by atoms with Crippen molar-refractivity contribution < 1.29 is 24.7 Å². The van der Waals surface area contributed by atoms with Crippen molar-refractivity contribution in [1.82, 2.24) is 9.13 Å². The summed E-state index contributed by atoms with van der Waals surface area (Å²) in [4.78, 5) is 1.31. The summed E-state index contributed by atoms with van der Waals surface area (Å²) in [5.74, 6) is -0.0502. The smallest absolute Gasteiger partial charge is 0.358 e. The van der Waals surface area contributed by atoms with Crippen LogP contribution in [0.3, 0.4) is 0 Å². The van der Waals surface area contributed by atoms with Crippen LogP contribution in [0.4, 0.5) is 0 Å². The Morgan fingerprint density at radius 3 is 1.60 bits per heavy atom. The first-order valence-electron chi connectivity index (χ1n) is 23.2. The molecule has 2 saturated carbocycles. The number of allylic oxidation sites excluding steroid dienone is 4. The summed E-state index contributed by atoms with van der Waals surface area (Å²) in [6.45, 7) is 13.6. The zero-order valence-electron chi connectivity index (χ0n) is 38.9. The Morgan fingerprint density at radius 1 is 0.569 bits per heavy atom. The number of benzene rings is 3. The van der Waals surface area contributed by atoms with Gasteiger partial charge in [-0.15, -0.1) is 11.8 Å². The fourth-order valence-electron chi connectivity index (χ4n) is 12.9. The van der Waals surface area contributed by atoms with E-state index in [9.17, 15) is 0 Å². The van der Waals surface area contributed by atoms with E-state index in [1.165, 1.54) is 180 Å². The molecule has 1 unspecified atom stereocenters. The van der Waals surface area contributed by atoms with Gasteiger partial charge < -0.3 is 7.43 Å². The summed E-state index contributed by atoms with van der Waals surface area (Å²) < 4.78 is 10.9. The van der Waals surface area contributed by atoms with Crippen LogP contribution in [0, 0.1) is 49.0 Å². The predicted octanol–water partition coefficient (Wildman–Crippen LogP) is 12.2. The van der Waals surface area contributed by atoms with E-state index in [-0.39, 0.29) is 14.9 Å². The third-order valence-electron chi connectivity index (χ3n) is 15.1. The Bertz CT molecular complexity index is 3110. The molecular formula is C59H65FeN4S+2. The summed E-state index contributed by atoms with van der Waals surface area (Å²) >= 11 is 4.87. The molecule has 8 aliphatic rings. The average Bonchev–Trinajstić information content (AvgIpc) is 4.13. The molecule has 5 aromatic rings. The van der Waals surface area contributed by atoms with Crippen molar-refractivity contribution in [2.45, 2.75) is 119 Å². The molecule has 65 heavy (non-hydrogen) atoms. The first-order chi connectivity index (χ1) is 30.7. The van der Waals surface area contributed by atoms with E-state index >= 15 is 0 Å². The van der Waals surface area contributed by atoms with E-state index in [1.54, 1.807) is 0 Å². The molecule has 6 aliphatic heterocycles. The summed E-state index contributed by atoms with van der Waals surface area (Å²) in [5.41, 5.74) is 27.9. The Balaban J connectivity index is 0.000000551. The molecule has 0 radical (unpaired) electrons. The molecular weight excluding hydrogens is 853 g/mol. The number of aryl methyl sites for hydroxylation is 6. The Hall–Kier alpha value is -5.00. The van der Waals surface area contributed by atoms with Crippen molar-refractivity contribution in [3.63, 3.8) is 0 Å². The molecule has 3 aromatic carbocycles. The molecule has 0 N–H and O–H groups in total. The zero-order valence-corrected chi connectivity index (χ0v) is 40.9. The van der Waals surface area contributed by atoms with Gasteiger partial charge in [0.1, 0.15) is 4.91 Å². The van der Waals surface area contributed by atoms with Crippen molar-refractivity contribution >= 4 is 50.2 Å². The van der Waals surface area contributed by atoms with Crippen molar-refractivity contribution in [3.05, 3.63) is 194 Å². The monoisotopic (exact) mass is 917 g/mol. The molecule has 13 rings (SSSR count). The number of hydrogen-bond acceptors (Lipinski definition) is 1. The minimum Gasteiger partial charge on any atom is -0.358 e. The van der Waals surface area contributed by atoms with Gasteiger partial charge in [0.2, 0.25) is 22.8 Å². The van der Waals surface area contributed by atoms with E-state index in [2.05, 4.69) is 184 Å². The van der Waals surface area contributed by atoms with Crippen LogP contribution in [0.1, 0.15) is 138 Å². The topological polar surface area (TPSA) is 15.9 Å². The summed E-state index contributed by atoms with van der Waals surface area (Å²) in [5, 5.41) is 2.53. The van der Waals surface area contributed by atoms with Gasteiger partial charge >= 0.3 is 26.9 Å². The molecule has 2 aromatic heterocycles. The minimum atomic E-state index is -0.733. The van der Waals surface area contributed by atoms with Gasteiger partial charge in [-0.25, -0.2) is 0 Å². The van der Waals surface area contributed by atoms with Gasteiger partial charge in [-0.2, -0.15) is 9.13 Å². The Kier molecular flexibility index (Phi) is 11.8. The third-order valence-corrected chi connectivity index (χ3v) is 15.9. The van der Waals surface area contributed by atoms with E-state index < -0.39 is 5.91 Å². The van der Waals surface area contributed by atoms with E-state index in [0.717, 1.165) is 0 Å². The fraction of sp³-hybridized carbons (Fsp3) is 0.322. The number of aromatic nitrogens is 2. The molecule has 8 heterocycles. The van der Waals surface area contributed by atoms with Crippen LogP contribution in [0.15, 0.2) is 108 Å². The summed E-state index contributed by atoms with van der Waals surface area (Å²) in [6.07, 6.45) is 24.7. The standard InChI is InChI=1S/C51H46N4S.C5H10.CH4.CH3.CH2.Fe/c1-28-24-30(3)45(31(4)25-28)48-39-18-16-37-47(36-14-12-35(13-15-36)34-10-8-9-11-34)38-17-19-40-49(46-32(5)26-29(2)27-33(46)6)42-21-23-44-50(56-7)43-22-20-41(48)54(43)51(52(37)39,53(38)40)55(42)44;1-2-4-5-3-1;;;;/h12-27,34H,8-11H2,1-7H3;1-5H2;1H4;1H3;1H2;/q+2;;;-1;;+1. The zero-order chi connectivity index (χ0) is 43.5. The number of hydrogen-bond donors (Lipinski definition) is 0. The number of rotatable bonds is 5. The van der Waals surface area contributed by atoms with Crippen molar-refractivity contribution in [3.8, 4) is 0 Å². The molecule has 0 saturated heterocycles. The second-order valence-corrected chi connectivity index (χ2v) is 19.8. The van der Waals surface area contributed by atoms with Gasteiger partial charge in [0.25, 0.3) is 0 Å². The van der Waals surface area contributed by atoms with Gasteiger partial charge in [0.05, 0.1) is 38.8 Å². The maximum Gasteiger partial charge on any atom is -0.358 e. The molecule has 0 bridgehead atoms. The van der Waals surface area contributed by atoms with Crippen molar-refractivity contribution in [2.75, 3.05) is 6.26 Å². The fourth-order valence-corrected chi connectivity index (χ4v) is 13.7. The van der Waals surface area contributed by atoms with Gasteiger partial charge in [0, 0.05) is 24.3 Å². The van der Waals surface area contributed by atoms with Crippen LogP contribution in [0.5, 0.6) is 0 Å². The molecule has 333 valence electrons. The van der Waals surface area contributed by atoms with Crippen LogP contribution in [0.25, 0.3) is 21.6 Å². The molecule has 2 aliphatic carbocycles. The van der Waals surface area contributed by atoms with E-state index in [4.69, 9.17) is 0 Å². The molecule has 4 nitrogen and oxygen atoms in total. The molecule has 1 atom stereocenters. The summed E-state index contributed by atoms with van der Waals surface area (Å²) in [6, 6.07) is 28.8. The van der Waals surface area contributed by atoms with Gasteiger partial charge in [0.15, 0.2) is 0 Å². The number of nitrogens with zero attached hydrogens (tertiary/aromatic N) is 4. The summed E-state index contributed by atoms with van der Waals surface area (Å²) in [7, 11) is 0. The Morgan fingerprint density at radius 2 is 1.05 bits per heavy atom. The average molecular weight is 918 g/mol. The quantitative estimate of drug-likeness (QED) is 0.0975. The Labute approximate surface area is 400 Å². The normalized spacial score (nSPS) is 20.1. The molecule has 2 fully saturated rings. The minimum absolute atomic E-state index is 0. The van der Waals surface area contributed by atoms with Crippen molar-refractivity contribution in [2.24, 2.45) is 0 Å². The van der Waals surface area contributed by atoms with Gasteiger partial charge in [-0.1, -0.05) is 121 Å². The third kappa shape index (κ3) is 6.26. The second kappa shape index (κ2) is 17.0. The SMILES string of the molecule is C.C1CCCC1.CSC1=C2C=CC3=[N+]2C24n5c1ccc5C(c1c(C)cc(C)cc1C)=C1C=CC(=[N+]12)C(c1ccc(C2CCCC2)cc1)=c1ccc(n14)=C3c1c(C)cc(C)cc1C.[CH2]=[Fe+].[CH3-]. The van der Waals surface area contributed by atoms with Crippen molar-refractivity contribution in [1.29, 1.82) is 0 Å². The largest absolute Gasteiger partial charge is 0.358 e. The maximum absolute atomic E-state index is 3.00. The maximum atomic E-state index is 3.00. The van der Waals surface area contributed by atoms with Crippen LogP contribution >= 0.6 is 11.8 Å². The first-order valence-corrected chi connectivity index (χ1v) is 25.2. The molecule has 1 spiro atoms. The second-order valence-electron chi connectivity index (χ2n) is 18.9. The number of thioether (sulfide) groups is 1. The molecule has 6 heteroatoms. The van der Waals surface area contributed by atoms with Crippen LogP contribution in [-0.2, 0) is 21.5 Å².